The highest BCUT2D eigenvalue weighted by atomic mass is 16.5. The van der Waals surface area contributed by atoms with Crippen molar-refractivity contribution in [1.29, 1.82) is 0 Å². The quantitative estimate of drug-likeness (QED) is 0.843. The van der Waals surface area contributed by atoms with Gasteiger partial charge in [-0.05, 0) is 19.3 Å². The van der Waals surface area contributed by atoms with Crippen molar-refractivity contribution in [2.45, 2.75) is 43.7 Å². The molecule has 0 radical (unpaired) electrons. The van der Waals surface area contributed by atoms with E-state index in [0.717, 1.165) is 31.6 Å². The maximum atomic E-state index is 12.5. The van der Waals surface area contributed by atoms with Gasteiger partial charge < -0.3 is 15.0 Å². The lowest BCUT2D eigenvalue weighted by molar-refractivity contribution is -0.128. The summed E-state index contributed by atoms with van der Waals surface area (Å²) in [5.74, 6) is 0.215. The van der Waals surface area contributed by atoms with Crippen molar-refractivity contribution >= 4 is 11.8 Å². The first kappa shape index (κ1) is 13.8. The smallest absolute Gasteiger partial charge is 0.255 e. The Morgan fingerprint density at radius 3 is 3.00 bits per heavy atom. The van der Waals surface area contributed by atoms with Crippen LogP contribution in [0.4, 0.5) is 0 Å². The summed E-state index contributed by atoms with van der Waals surface area (Å²) in [6.45, 7) is 1.98. The van der Waals surface area contributed by atoms with E-state index in [9.17, 15) is 9.59 Å². The van der Waals surface area contributed by atoms with Crippen molar-refractivity contribution in [1.82, 2.24) is 20.4 Å². The van der Waals surface area contributed by atoms with Crippen molar-refractivity contribution in [2.75, 3.05) is 19.8 Å². The van der Waals surface area contributed by atoms with Crippen LogP contribution in [0.1, 0.15) is 47.7 Å². The van der Waals surface area contributed by atoms with Gasteiger partial charge in [-0.3, -0.25) is 14.7 Å². The Hall–Kier alpha value is -1.89. The van der Waals surface area contributed by atoms with E-state index >= 15 is 0 Å². The van der Waals surface area contributed by atoms with Gasteiger partial charge in [0.2, 0.25) is 5.91 Å². The van der Waals surface area contributed by atoms with Crippen LogP contribution in [0.5, 0.6) is 0 Å². The van der Waals surface area contributed by atoms with Crippen LogP contribution >= 0.6 is 0 Å². The molecule has 0 bridgehead atoms. The van der Waals surface area contributed by atoms with Crippen LogP contribution < -0.4 is 5.32 Å². The summed E-state index contributed by atoms with van der Waals surface area (Å²) >= 11 is 0. The van der Waals surface area contributed by atoms with Crippen molar-refractivity contribution in [2.24, 2.45) is 0 Å². The summed E-state index contributed by atoms with van der Waals surface area (Å²) in [5.41, 5.74) is 1.42. The first-order chi connectivity index (χ1) is 10.7. The molecule has 0 aromatic carbocycles. The average Bonchev–Trinajstić information content (AvgIpc) is 2.94. The van der Waals surface area contributed by atoms with Gasteiger partial charge >= 0.3 is 0 Å². The van der Waals surface area contributed by atoms with Crippen LogP contribution in [0.15, 0.2) is 6.20 Å². The molecular formula is C15H20N4O3. The molecule has 0 spiro atoms. The number of ether oxygens (including phenoxy) is 1. The number of hydrogen-bond acceptors (Lipinski definition) is 4. The largest absolute Gasteiger partial charge is 0.381 e. The standard InChI is InChI=1S/C15H20N4O3/c20-13-5-10(7-19(13)11-1-2-11)17-15(21)12-6-16-18-14(12)9-3-4-22-8-9/h6,9-11H,1-5,7-8H2,(H,16,18)(H,17,21)/t9-,10-/m1/s1. The average molecular weight is 304 g/mol. The number of hydrogen-bond donors (Lipinski definition) is 2. The highest BCUT2D eigenvalue weighted by Gasteiger charge is 2.40. The number of nitrogens with one attached hydrogen (secondary N) is 2. The van der Waals surface area contributed by atoms with Gasteiger partial charge in [-0.15, -0.1) is 0 Å². The fourth-order valence-corrected chi connectivity index (χ4v) is 3.38. The molecule has 118 valence electrons. The van der Waals surface area contributed by atoms with Gasteiger partial charge in [0.15, 0.2) is 0 Å². The lowest BCUT2D eigenvalue weighted by Gasteiger charge is -2.16. The number of H-pyrrole nitrogens is 1. The molecule has 2 saturated heterocycles. The zero-order valence-electron chi connectivity index (χ0n) is 12.4. The number of carbonyl (C=O) groups is 2. The minimum Gasteiger partial charge on any atom is -0.381 e. The third-order valence-corrected chi connectivity index (χ3v) is 4.73. The van der Waals surface area contributed by atoms with Crippen molar-refractivity contribution < 1.29 is 14.3 Å². The van der Waals surface area contributed by atoms with E-state index in [1.54, 1.807) is 6.20 Å². The second-order valence-electron chi connectivity index (χ2n) is 6.41. The van der Waals surface area contributed by atoms with Gasteiger partial charge in [-0.1, -0.05) is 0 Å². The molecule has 2 atom stereocenters. The van der Waals surface area contributed by atoms with E-state index in [4.69, 9.17) is 4.74 Å². The molecule has 1 aromatic rings. The van der Waals surface area contributed by atoms with Crippen molar-refractivity contribution in [3.05, 3.63) is 17.5 Å². The lowest BCUT2D eigenvalue weighted by atomic mass is 10.0. The minimum absolute atomic E-state index is 0.0943. The zero-order chi connectivity index (χ0) is 15.1. The lowest BCUT2D eigenvalue weighted by Crippen LogP contribution is -2.38. The second kappa shape index (κ2) is 5.39. The number of aromatic nitrogens is 2. The predicted octanol–water partition coefficient (Wildman–Crippen LogP) is 0.407. The Morgan fingerprint density at radius 1 is 1.41 bits per heavy atom. The Labute approximate surface area is 128 Å². The molecular weight excluding hydrogens is 284 g/mol. The highest BCUT2D eigenvalue weighted by molar-refractivity contribution is 5.96. The SMILES string of the molecule is O=C(N[C@@H]1CC(=O)N(C2CC2)C1)c1cn[nH]c1[C@@H]1CCOC1. The van der Waals surface area contributed by atoms with E-state index in [1.807, 2.05) is 4.90 Å². The molecule has 2 aliphatic heterocycles. The van der Waals surface area contributed by atoms with Crippen LogP contribution in [-0.4, -0.2) is 58.8 Å². The van der Waals surface area contributed by atoms with Gasteiger partial charge in [0.1, 0.15) is 0 Å². The zero-order valence-corrected chi connectivity index (χ0v) is 12.4. The Balaban J connectivity index is 1.42. The number of likely N-dealkylation sites (tertiary alicyclic amines) is 1. The summed E-state index contributed by atoms with van der Waals surface area (Å²) in [4.78, 5) is 26.4. The van der Waals surface area contributed by atoms with Crippen LogP contribution in [0.3, 0.4) is 0 Å². The molecule has 7 nitrogen and oxygen atoms in total. The Kier molecular flexibility index (Phi) is 3.37. The maximum Gasteiger partial charge on any atom is 0.255 e. The van der Waals surface area contributed by atoms with E-state index in [0.29, 0.717) is 31.2 Å². The van der Waals surface area contributed by atoms with Crippen molar-refractivity contribution in [3.8, 4) is 0 Å². The normalized spacial score (nSPS) is 28.4. The first-order valence-corrected chi connectivity index (χ1v) is 7.93. The van der Waals surface area contributed by atoms with E-state index in [2.05, 4.69) is 15.5 Å². The van der Waals surface area contributed by atoms with E-state index in [1.165, 1.54) is 0 Å². The Morgan fingerprint density at radius 2 is 2.27 bits per heavy atom. The first-order valence-electron chi connectivity index (χ1n) is 7.93. The number of nitrogens with zero attached hydrogens (tertiary/aromatic N) is 2. The molecule has 0 unspecified atom stereocenters. The van der Waals surface area contributed by atoms with E-state index < -0.39 is 0 Å². The molecule has 3 heterocycles. The number of aromatic amines is 1. The third-order valence-electron chi connectivity index (χ3n) is 4.73. The molecule has 3 fully saturated rings. The molecule has 2 N–H and O–H groups in total. The predicted molar refractivity (Wildman–Crippen MR) is 77.4 cm³/mol. The van der Waals surface area contributed by atoms with Crippen LogP contribution in [0.2, 0.25) is 0 Å². The van der Waals surface area contributed by atoms with Gasteiger partial charge in [0.25, 0.3) is 5.91 Å². The van der Waals surface area contributed by atoms with Crippen LogP contribution in [0, 0.1) is 0 Å². The fraction of sp³-hybridized carbons (Fsp3) is 0.667. The molecule has 2 amide bonds. The summed E-state index contributed by atoms with van der Waals surface area (Å²) in [7, 11) is 0. The van der Waals surface area contributed by atoms with Gasteiger partial charge in [0.05, 0.1) is 30.1 Å². The molecule has 4 rings (SSSR count). The van der Waals surface area contributed by atoms with Crippen molar-refractivity contribution in [3.63, 3.8) is 0 Å². The molecule has 1 saturated carbocycles. The molecule has 3 aliphatic rings. The van der Waals surface area contributed by atoms with Gasteiger partial charge in [-0.25, -0.2) is 0 Å². The van der Waals surface area contributed by atoms with Gasteiger partial charge in [0, 0.05) is 31.5 Å². The Bertz CT molecular complexity index is 589. The highest BCUT2D eigenvalue weighted by Crippen LogP contribution is 2.31. The van der Waals surface area contributed by atoms with Crippen LogP contribution in [0.25, 0.3) is 0 Å². The summed E-state index contributed by atoms with van der Waals surface area (Å²) < 4.78 is 5.38. The topological polar surface area (TPSA) is 87.3 Å². The fourth-order valence-electron chi connectivity index (χ4n) is 3.38. The van der Waals surface area contributed by atoms with Crippen LogP contribution in [-0.2, 0) is 9.53 Å². The minimum atomic E-state index is -0.147. The summed E-state index contributed by atoms with van der Waals surface area (Å²) in [6, 6.07) is 0.317. The monoisotopic (exact) mass is 304 g/mol. The molecule has 1 aromatic heterocycles. The molecule has 7 heteroatoms. The van der Waals surface area contributed by atoms with E-state index in [-0.39, 0.29) is 23.8 Å². The summed E-state index contributed by atoms with van der Waals surface area (Å²) in [6.07, 6.45) is 5.07. The van der Waals surface area contributed by atoms with Gasteiger partial charge in [-0.2, -0.15) is 5.10 Å². The number of amides is 2. The molecule has 1 aliphatic carbocycles. The maximum absolute atomic E-state index is 12.5. The number of rotatable bonds is 4. The third kappa shape index (κ3) is 2.49. The second-order valence-corrected chi connectivity index (χ2v) is 6.41. The number of carbonyl (C=O) groups excluding carboxylic acids is 2. The summed E-state index contributed by atoms with van der Waals surface area (Å²) in [5, 5.41) is 9.93. The molecule has 22 heavy (non-hydrogen) atoms.